The zero-order valence-electron chi connectivity index (χ0n) is 11.5. The number of carbonyl (C=O) groups excluding carboxylic acids is 1. The molecule has 1 unspecified atom stereocenters. The van der Waals surface area contributed by atoms with Gasteiger partial charge < -0.3 is 20.2 Å². The third kappa shape index (κ3) is 3.80. The topological polar surface area (TPSA) is 146 Å². The molecule has 10 heteroatoms. The van der Waals surface area contributed by atoms with Gasteiger partial charge in [-0.1, -0.05) is 30.3 Å². The summed E-state index contributed by atoms with van der Waals surface area (Å²) >= 11 is 0. The SMILES string of the molecule is O=C(On1c(O)cc(S(=O)(=O)O)c1O)C(O)Cc1ccccc1. The molecule has 2 aromatic rings. The van der Waals surface area contributed by atoms with Gasteiger partial charge in [0.15, 0.2) is 11.0 Å². The number of nitrogens with zero attached hydrogens (tertiary/aromatic N) is 1. The summed E-state index contributed by atoms with van der Waals surface area (Å²) in [6, 6.07) is 8.97. The molecular formula is C13H13NO8S. The summed E-state index contributed by atoms with van der Waals surface area (Å²) < 4.78 is 30.8. The first kappa shape index (κ1) is 16.8. The van der Waals surface area contributed by atoms with Gasteiger partial charge in [0.05, 0.1) is 0 Å². The molecule has 0 aliphatic heterocycles. The standard InChI is InChI=1S/C13H13NO8S/c15-9(6-8-4-2-1-3-5-8)13(18)22-14-11(16)7-10(12(14)17)23(19,20)21/h1-5,7,9,15-17H,6H2,(H,19,20,21). The number of rotatable bonds is 5. The van der Waals surface area contributed by atoms with Gasteiger partial charge in [0.1, 0.15) is 0 Å². The van der Waals surface area contributed by atoms with E-state index in [4.69, 9.17) is 4.55 Å². The fourth-order valence-electron chi connectivity index (χ4n) is 1.80. The molecule has 0 radical (unpaired) electrons. The second-order valence-corrected chi connectivity index (χ2v) is 5.97. The second kappa shape index (κ2) is 6.28. The smallest absolute Gasteiger partial charge is 0.361 e. The minimum atomic E-state index is -4.82. The molecule has 2 rings (SSSR count). The molecule has 0 saturated carbocycles. The summed E-state index contributed by atoms with van der Waals surface area (Å²) in [5, 5.41) is 28.8. The lowest BCUT2D eigenvalue weighted by atomic mass is 10.1. The maximum absolute atomic E-state index is 11.8. The summed E-state index contributed by atoms with van der Waals surface area (Å²) in [5.74, 6) is -3.39. The third-order valence-electron chi connectivity index (χ3n) is 2.88. The Kier molecular flexibility index (Phi) is 4.59. The van der Waals surface area contributed by atoms with Crippen molar-refractivity contribution in [2.75, 3.05) is 0 Å². The number of aliphatic hydroxyl groups excluding tert-OH is 1. The number of hydrogen-bond donors (Lipinski definition) is 4. The first-order valence-corrected chi connectivity index (χ1v) is 7.69. The van der Waals surface area contributed by atoms with E-state index in [9.17, 15) is 28.5 Å². The maximum atomic E-state index is 11.8. The van der Waals surface area contributed by atoms with Crippen molar-refractivity contribution in [1.29, 1.82) is 0 Å². The Morgan fingerprint density at radius 1 is 1.22 bits per heavy atom. The first-order valence-electron chi connectivity index (χ1n) is 6.25. The highest BCUT2D eigenvalue weighted by Crippen LogP contribution is 2.30. The zero-order chi connectivity index (χ0) is 17.2. The Balaban J connectivity index is 2.16. The van der Waals surface area contributed by atoms with Crippen molar-refractivity contribution in [1.82, 2.24) is 4.73 Å². The predicted octanol–water partition coefficient (Wildman–Crippen LogP) is -0.295. The van der Waals surface area contributed by atoms with Crippen molar-refractivity contribution in [3.63, 3.8) is 0 Å². The largest absolute Gasteiger partial charge is 0.492 e. The van der Waals surface area contributed by atoms with Crippen LogP contribution in [-0.4, -0.2) is 45.1 Å². The summed E-state index contributed by atoms with van der Waals surface area (Å²) in [4.78, 5) is 15.2. The first-order chi connectivity index (χ1) is 10.7. The van der Waals surface area contributed by atoms with E-state index in [0.717, 1.165) is 0 Å². The van der Waals surface area contributed by atoms with Crippen LogP contribution < -0.4 is 4.84 Å². The molecule has 9 nitrogen and oxygen atoms in total. The highest BCUT2D eigenvalue weighted by molar-refractivity contribution is 7.86. The minimum absolute atomic E-state index is 0.0830. The predicted molar refractivity (Wildman–Crippen MR) is 75.3 cm³/mol. The molecule has 1 atom stereocenters. The van der Waals surface area contributed by atoms with Crippen molar-refractivity contribution in [2.45, 2.75) is 17.4 Å². The molecule has 0 saturated heterocycles. The molecule has 23 heavy (non-hydrogen) atoms. The molecule has 0 bridgehead atoms. The van der Waals surface area contributed by atoms with Crippen molar-refractivity contribution < 1.29 is 37.9 Å². The number of aromatic nitrogens is 1. The van der Waals surface area contributed by atoms with Gasteiger partial charge in [-0.05, 0) is 5.56 Å². The van der Waals surface area contributed by atoms with Gasteiger partial charge in [-0.3, -0.25) is 4.55 Å². The Morgan fingerprint density at radius 3 is 2.35 bits per heavy atom. The van der Waals surface area contributed by atoms with Gasteiger partial charge >= 0.3 is 5.97 Å². The van der Waals surface area contributed by atoms with Crippen molar-refractivity contribution in [2.24, 2.45) is 0 Å². The lowest BCUT2D eigenvalue weighted by Crippen LogP contribution is -2.32. The Hall–Kier alpha value is -2.56. The Labute approximate surface area is 130 Å². The quantitative estimate of drug-likeness (QED) is 0.541. The second-order valence-electron chi connectivity index (χ2n) is 4.58. The third-order valence-corrected chi connectivity index (χ3v) is 3.74. The van der Waals surface area contributed by atoms with E-state index < -0.39 is 38.8 Å². The van der Waals surface area contributed by atoms with Crippen LogP contribution in [0.4, 0.5) is 0 Å². The van der Waals surface area contributed by atoms with E-state index in [1.165, 1.54) is 0 Å². The molecule has 4 N–H and O–H groups in total. The molecule has 1 aromatic carbocycles. The molecule has 0 amide bonds. The number of aromatic hydroxyl groups is 2. The van der Waals surface area contributed by atoms with Crippen molar-refractivity contribution in [3.05, 3.63) is 42.0 Å². The lowest BCUT2D eigenvalue weighted by molar-refractivity contribution is -0.155. The van der Waals surface area contributed by atoms with Crippen LogP contribution in [0.25, 0.3) is 0 Å². The van der Waals surface area contributed by atoms with Gasteiger partial charge in [0.2, 0.25) is 5.88 Å². The van der Waals surface area contributed by atoms with Gasteiger partial charge in [-0.2, -0.15) is 8.42 Å². The Bertz CT molecular complexity index is 812. The molecular weight excluding hydrogens is 330 g/mol. The molecule has 0 fully saturated rings. The minimum Gasteiger partial charge on any atom is -0.492 e. The Morgan fingerprint density at radius 2 is 1.83 bits per heavy atom. The van der Waals surface area contributed by atoms with Crippen LogP contribution >= 0.6 is 0 Å². The fourth-order valence-corrected chi connectivity index (χ4v) is 2.37. The normalized spacial score (nSPS) is 12.8. The zero-order valence-corrected chi connectivity index (χ0v) is 12.3. The molecule has 0 spiro atoms. The number of aliphatic hydroxyl groups is 1. The van der Waals surface area contributed by atoms with Gasteiger partial charge in [-0.15, -0.1) is 4.73 Å². The number of benzene rings is 1. The van der Waals surface area contributed by atoms with E-state index in [1.807, 2.05) is 0 Å². The van der Waals surface area contributed by atoms with Crippen molar-refractivity contribution >= 4 is 16.1 Å². The van der Waals surface area contributed by atoms with Crippen LogP contribution in [0.5, 0.6) is 11.8 Å². The average Bonchev–Trinajstić information content (AvgIpc) is 2.76. The monoisotopic (exact) mass is 343 g/mol. The number of hydrogen-bond acceptors (Lipinski definition) is 7. The van der Waals surface area contributed by atoms with E-state index in [0.29, 0.717) is 11.6 Å². The van der Waals surface area contributed by atoms with Crippen molar-refractivity contribution in [3.8, 4) is 11.8 Å². The summed E-state index contributed by atoms with van der Waals surface area (Å²) in [6.07, 6.45) is -1.71. The lowest BCUT2D eigenvalue weighted by Gasteiger charge is -2.11. The van der Waals surface area contributed by atoms with Crippen LogP contribution in [0, 0.1) is 0 Å². The van der Waals surface area contributed by atoms with Crippen LogP contribution in [-0.2, 0) is 21.3 Å². The van der Waals surface area contributed by atoms with E-state index >= 15 is 0 Å². The highest BCUT2D eigenvalue weighted by atomic mass is 32.2. The van der Waals surface area contributed by atoms with Crippen LogP contribution in [0.2, 0.25) is 0 Å². The number of carbonyl (C=O) groups is 1. The summed E-state index contributed by atoms with van der Waals surface area (Å²) in [7, 11) is -4.82. The van der Waals surface area contributed by atoms with Crippen LogP contribution in [0.15, 0.2) is 41.3 Å². The molecule has 124 valence electrons. The maximum Gasteiger partial charge on any atom is 0.361 e. The highest BCUT2D eigenvalue weighted by Gasteiger charge is 2.27. The van der Waals surface area contributed by atoms with E-state index in [-0.39, 0.29) is 11.2 Å². The summed E-state index contributed by atoms with van der Waals surface area (Å²) in [6.45, 7) is 0. The van der Waals surface area contributed by atoms with E-state index in [2.05, 4.69) is 4.84 Å². The van der Waals surface area contributed by atoms with Crippen LogP contribution in [0.3, 0.4) is 0 Å². The summed E-state index contributed by atoms with van der Waals surface area (Å²) in [5.41, 5.74) is 0.636. The molecule has 0 aliphatic carbocycles. The van der Waals surface area contributed by atoms with Gasteiger partial charge in [0.25, 0.3) is 16.0 Å². The van der Waals surface area contributed by atoms with E-state index in [1.54, 1.807) is 30.3 Å². The van der Waals surface area contributed by atoms with Crippen LogP contribution in [0.1, 0.15) is 5.56 Å². The van der Waals surface area contributed by atoms with Gasteiger partial charge in [-0.25, -0.2) is 4.79 Å². The molecule has 0 aliphatic rings. The fraction of sp³-hybridized carbons (Fsp3) is 0.154. The molecule has 1 heterocycles. The molecule has 1 aromatic heterocycles. The average molecular weight is 343 g/mol. The van der Waals surface area contributed by atoms with Gasteiger partial charge in [0, 0.05) is 12.5 Å².